The van der Waals surface area contributed by atoms with Crippen molar-refractivity contribution in [1.82, 2.24) is 0 Å². The Hall–Kier alpha value is -0.930. The van der Waals surface area contributed by atoms with Crippen LogP contribution >= 0.6 is 0 Å². The van der Waals surface area contributed by atoms with E-state index in [1.807, 2.05) is 0 Å². The SMILES string of the molecule is C=C1C[C@@]2(CCOCOC)C=CC(=O)[C@@H]1C2. The topological polar surface area (TPSA) is 35.5 Å². The highest BCUT2D eigenvalue weighted by molar-refractivity contribution is 5.95. The molecular weight excluding hydrogens is 204 g/mol. The average molecular weight is 222 g/mol. The molecule has 0 unspecified atom stereocenters. The molecule has 0 spiro atoms. The number of methoxy groups -OCH3 is 1. The van der Waals surface area contributed by atoms with Gasteiger partial charge in [0.1, 0.15) is 6.79 Å². The van der Waals surface area contributed by atoms with Crippen molar-refractivity contribution < 1.29 is 14.3 Å². The van der Waals surface area contributed by atoms with Gasteiger partial charge in [-0.25, -0.2) is 0 Å². The molecule has 0 aromatic rings. The molecule has 1 saturated carbocycles. The molecule has 2 aliphatic rings. The van der Waals surface area contributed by atoms with E-state index < -0.39 is 0 Å². The predicted octanol–water partition coefficient (Wildman–Crippen LogP) is 2.09. The Morgan fingerprint density at radius 2 is 2.44 bits per heavy atom. The molecule has 88 valence electrons. The van der Waals surface area contributed by atoms with Crippen molar-refractivity contribution in [3.05, 3.63) is 24.3 Å². The van der Waals surface area contributed by atoms with Gasteiger partial charge in [-0.1, -0.05) is 18.2 Å². The lowest BCUT2D eigenvalue weighted by molar-refractivity contribution is -0.117. The summed E-state index contributed by atoms with van der Waals surface area (Å²) in [5, 5.41) is 0. The van der Waals surface area contributed by atoms with Gasteiger partial charge in [0.25, 0.3) is 0 Å². The molecule has 2 rings (SSSR count). The van der Waals surface area contributed by atoms with Crippen molar-refractivity contribution in [2.75, 3.05) is 20.5 Å². The number of allylic oxidation sites excluding steroid dienone is 3. The monoisotopic (exact) mass is 222 g/mol. The first-order valence-electron chi connectivity index (χ1n) is 5.64. The molecule has 2 aliphatic carbocycles. The van der Waals surface area contributed by atoms with Crippen molar-refractivity contribution in [2.45, 2.75) is 19.3 Å². The first-order valence-corrected chi connectivity index (χ1v) is 5.64. The molecule has 0 radical (unpaired) electrons. The quantitative estimate of drug-likeness (QED) is 0.406. The number of carbonyl (C=O) groups excluding carboxylic acids is 1. The van der Waals surface area contributed by atoms with Gasteiger partial charge in [0.2, 0.25) is 0 Å². The molecule has 0 heterocycles. The van der Waals surface area contributed by atoms with Gasteiger partial charge < -0.3 is 9.47 Å². The maximum absolute atomic E-state index is 11.6. The van der Waals surface area contributed by atoms with Crippen molar-refractivity contribution in [1.29, 1.82) is 0 Å². The zero-order valence-electron chi connectivity index (χ0n) is 9.70. The number of hydrogen-bond donors (Lipinski definition) is 0. The van der Waals surface area contributed by atoms with Gasteiger partial charge in [-0.2, -0.15) is 0 Å². The second-order valence-corrected chi connectivity index (χ2v) is 4.75. The van der Waals surface area contributed by atoms with Gasteiger partial charge in [-0.3, -0.25) is 4.79 Å². The number of ether oxygens (including phenoxy) is 2. The van der Waals surface area contributed by atoms with Gasteiger partial charge in [0, 0.05) is 13.0 Å². The number of rotatable bonds is 5. The van der Waals surface area contributed by atoms with Crippen LogP contribution in [-0.4, -0.2) is 26.3 Å². The van der Waals surface area contributed by atoms with E-state index in [-0.39, 0.29) is 17.1 Å². The summed E-state index contributed by atoms with van der Waals surface area (Å²) in [6, 6.07) is 0. The highest BCUT2D eigenvalue weighted by atomic mass is 16.7. The fourth-order valence-corrected chi connectivity index (χ4v) is 2.69. The third-order valence-electron chi connectivity index (χ3n) is 3.57. The third kappa shape index (κ3) is 2.11. The van der Waals surface area contributed by atoms with Crippen LogP contribution in [-0.2, 0) is 14.3 Å². The minimum absolute atomic E-state index is 0.0624. The lowest BCUT2D eigenvalue weighted by Crippen LogP contribution is -2.23. The van der Waals surface area contributed by atoms with E-state index in [0.717, 1.165) is 24.8 Å². The smallest absolute Gasteiger partial charge is 0.162 e. The molecule has 0 aromatic carbocycles. The van der Waals surface area contributed by atoms with E-state index in [1.165, 1.54) is 0 Å². The summed E-state index contributed by atoms with van der Waals surface area (Å²) in [6.07, 6.45) is 6.56. The van der Waals surface area contributed by atoms with E-state index in [1.54, 1.807) is 13.2 Å². The van der Waals surface area contributed by atoms with E-state index >= 15 is 0 Å². The minimum Gasteiger partial charge on any atom is -0.359 e. The fourth-order valence-electron chi connectivity index (χ4n) is 2.69. The summed E-state index contributed by atoms with van der Waals surface area (Å²) in [7, 11) is 1.62. The zero-order chi connectivity index (χ0) is 11.6. The summed E-state index contributed by atoms with van der Waals surface area (Å²) in [5.41, 5.74) is 1.20. The van der Waals surface area contributed by atoms with Gasteiger partial charge >= 0.3 is 0 Å². The molecule has 16 heavy (non-hydrogen) atoms. The van der Waals surface area contributed by atoms with Gasteiger partial charge in [-0.05, 0) is 30.8 Å². The Morgan fingerprint density at radius 1 is 1.62 bits per heavy atom. The number of carbonyl (C=O) groups is 1. The molecule has 0 amide bonds. The van der Waals surface area contributed by atoms with Crippen LogP contribution in [0.25, 0.3) is 0 Å². The number of fused-ring (bicyclic) bond motifs is 2. The standard InChI is InChI=1S/C13H18O3/c1-10-7-13(5-6-16-9-15-2)4-3-12(14)11(10)8-13/h3-4,11H,1,5-9H2,2H3/t11-,13+/m1/s1. The first-order chi connectivity index (χ1) is 7.67. The summed E-state index contributed by atoms with van der Waals surface area (Å²) < 4.78 is 10.2. The minimum atomic E-state index is 0.0624. The highest BCUT2D eigenvalue weighted by Gasteiger charge is 2.44. The van der Waals surface area contributed by atoms with E-state index in [0.29, 0.717) is 13.4 Å². The molecule has 0 aromatic heterocycles. The highest BCUT2D eigenvalue weighted by Crippen LogP contribution is 2.51. The Labute approximate surface area is 96.1 Å². The fraction of sp³-hybridized carbons (Fsp3) is 0.615. The van der Waals surface area contributed by atoms with Crippen molar-refractivity contribution in [2.24, 2.45) is 11.3 Å². The summed E-state index contributed by atoms with van der Waals surface area (Å²) >= 11 is 0. The van der Waals surface area contributed by atoms with Crippen LogP contribution in [0, 0.1) is 11.3 Å². The van der Waals surface area contributed by atoms with Crippen LogP contribution in [0.15, 0.2) is 24.3 Å². The Balaban J connectivity index is 1.95. The summed E-state index contributed by atoms with van der Waals surface area (Å²) in [5.74, 6) is 0.281. The largest absolute Gasteiger partial charge is 0.359 e. The van der Waals surface area contributed by atoms with E-state index in [2.05, 4.69) is 12.7 Å². The van der Waals surface area contributed by atoms with Crippen molar-refractivity contribution in [3.8, 4) is 0 Å². The van der Waals surface area contributed by atoms with Crippen LogP contribution in [0.5, 0.6) is 0 Å². The Bertz CT molecular complexity index is 332. The number of hydrogen-bond acceptors (Lipinski definition) is 3. The molecule has 0 saturated heterocycles. The van der Waals surface area contributed by atoms with Crippen LogP contribution in [0.2, 0.25) is 0 Å². The second kappa shape index (κ2) is 4.52. The molecule has 0 aliphatic heterocycles. The first kappa shape index (κ1) is 11.6. The average Bonchev–Trinajstić information content (AvgIpc) is 2.55. The molecule has 0 N–H and O–H groups in total. The second-order valence-electron chi connectivity index (χ2n) is 4.75. The molecule has 1 fully saturated rings. The third-order valence-corrected chi connectivity index (χ3v) is 3.57. The Kier molecular flexibility index (Phi) is 3.26. The zero-order valence-corrected chi connectivity index (χ0v) is 9.70. The maximum atomic E-state index is 11.6. The molecular formula is C13H18O3. The lowest BCUT2D eigenvalue weighted by Gasteiger charge is -2.27. The summed E-state index contributed by atoms with van der Waals surface area (Å²) in [4.78, 5) is 11.6. The molecule has 3 heteroatoms. The van der Waals surface area contributed by atoms with Crippen LogP contribution in [0.3, 0.4) is 0 Å². The van der Waals surface area contributed by atoms with Crippen molar-refractivity contribution >= 4 is 5.78 Å². The lowest BCUT2D eigenvalue weighted by atomic mass is 9.78. The van der Waals surface area contributed by atoms with E-state index in [9.17, 15) is 4.79 Å². The van der Waals surface area contributed by atoms with Gasteiger partial charge in [0.05, 0.1) is 6.61 Å². The van der Waals surface area contributed by atoms with Gasteiger partial charge in [0.15, 0.2) is 5.78 Å². The van der Waals surface area contributed by atoms with Crippen LogP contribution in [0.1, 0.15) is 19.3 Å². The van der Waals surface area contributed by atoms with Crippen LogP contribution in [0.4, 0.5) is 0 Å². The number of ketones is 1. The maximum Gasteiger partial charge on any atom is 0.162 e. The van der Waals surface area contributed by atoms with Crippen molar-refractivity contribution in [3.63, 3.8) is 0 Å². The van der Waals surface area contributed by atoms with E-state index in [4.69, 9.17) is 9.47 Å². The predicted molar refractivity (Wildman–Crippen MR) is 60.9 cm³/mol. The van der Waals surface area contributed by atoms with Crippen LogP contribution < -0.4 is 0 Å². The molecule has 3 nitrogen and oxygen atoms in total. The molecule has 2 bridgehead atoms. The van der Waals surface area contributed by atoms with Gasteiger partial charge in [-0.15, -0.1) is 0 Å². The normalized spacial score (nSPS) is 32.4. The Morgan fingerprint density at radius 3 is 3.19 bits per heavy atom. The molecule has 2 atom stereocenters. The summed E-state index contributed by atoms with van der Waals surface area (Å²) in [6.45, 7) is 5.02.